The first-order valence-electron chi connectivity index (χ1n) is 6.78. The zero-order chi connectivity index (χ0) is 13.9. The Bertz CT molecular complexity index is 690. The Morgan fingerprint density at radius 3 is 2.65 bits per heavy atom. The fourth-order valence-electron chi connectivity index (χ4n) is 2.48. The van der Waals surface area contributed by atoms with Gasteiger partial charge in [-0.3, -0.25) is 0 Å². The molecule has 0 aliphatic rings. The van der Waals surface area contributed by atoms with Crippen LogP contribution in [0.25, 0.3) is 10.9 Å². The molecule has 2 atom stereocenters. The van der Waals surface area contributed by atoms with Gasteiger partial charge in [0.2, 0.25) is 0 Å². The smallest absolute Gasteiger partial charge is 0.0773 e. The summed E-state index contributed by atoms with van der Waals surface area (Å²) in [6, 6.07) is 17.6. The largest absolute Gasteiger partial charge is 0.391 e. The summed E-state index contributed by atoms with van der Waals surface area (Å²) in [4.78, 5) is 3.15. The highest BCUT2D eigenvalue weighted by Crippen LogP contribution is 2.22. The first kappa shape index (κ1) is 12.9. The van der Waals surface area contributed by atoms with Crippen LogP contribution >= 0.6 is 0 Å². The van der Waals surface area contributed by atoms with E-state index in [4.69, 9.17) is 5.73 Å². The van der Waals surface area contributed by atoms with Crippen molar-refractivity contribution >= 4 is 10.9 Å². The maximum atomic E-state index is 10.3. The molecule has 3 heteroatoms. The van der Waals surface area contributed by atoms with E-state index in [1.807, 2.05) is 60.8 Å². The van der Waals surface area contributed by atoms with E-state index < -0.39 is 6.10 Å². The molecule has 1 heterocycles. The van der Waals surface area contributed by atoms with E-state index in [2.05, 4.69) is 4.98 Å². The van der Waals surface area contributed by atoms with Crippen molar-refractivity contribution in [3.63, 3.8) is 0 Å². The number of hydrogen-bond donors (Lipinski definition) is 3. The summed E-state index contributed by atoms with van der Waals surface area (Å²) in [5, 5.41) is 11.4. The second-order valence-electron chi connectivity index (χ2n) is 5.11. The molecule has 0 amide bonds. The number of aliphatic hydroxyl groups is 1. The van der Waals surface area contributed by atoms with Gasteiger partial charge in [0.1, 0.15) is 0 Å². The molecule has 0 aliphatic carbocycles. The van der Waals surface area contributed by atoms with Crippen molar-refractivity contribution in [1.29, 1.82) is 0 Å². The van der Waals surface area contributed by atoms with E-state index in [9.17, 15) is 5.11 Å². The first-order chi connectivity index (χ1) is 9.74. The van der Waals surface area contributed by atoms with Gasteiger partial charge in [-0.15, -0.1) is 0 Å². The molecule has 0 spiro atoms. The van der Waals surface area contributed by atoms with Crippen LogP contribution in [0.1, 0.15) is 17.2 Å². The van der Waals surface area contributed by atoms with Crippen molar-refractivity contribution in [3.8, 4) is 0 Å². The molecule has 0 saturated heterocycles. The number of H-pyrrole nitrogens is 1. The normalized spacial score (nSPS) is 14.3. The number of nitrogens with one attached hydrogen (secondary N) is 1. The summed E-state index contributed by atoms with van der Waals surface area (Å²) in [7, 11) is 0. The molecule has 1 aromatic heterocycles. The van der Waals surface area contributed by atoms with Gasteiger partial charge in [0.15, 0.2) is 0 Å². The zero-order valence-electron chi connectivity index (χ0n) is 11.2. The highest BCUT2D eigenvalue weighted by atomic mass is 16.3. The van der Waals surface area contributed by atoms with E-state index in [1.54, 1.807) is 0 Å². The highest BCUT2D eigenvalue weighted by Gasteiger charge is 2.17. The van der Waals surface area contributed by atoms with E-state index in [1.165, 1.54) is 0 Å². The quantitative estimate of drug-likeness (QED) is 0.680. The van der Waals surface area contributed by atoms with Crippen LogP contribution in [-0.4, -0.2) is 16.2 Å². The maximum Gasteiger partial charge on any atom is 0.0773 e. The summed E-state index contributed by atoms with van der Waals surface area (Å²) in [6.45, 7) is 0. The van der Waals surface area contributed by atoms with Gasteiger partial charge in [-0.1, -0.05) is 36.4 Å². The van der Waals surface area contributed by atoms with Crippen molar-refractivity contribution < 1.29 is 5.11 Å². The molecule has 0 radical (unpaired) electrons. The van der Waals surface area contributed by atoms with Crippen molar-refractivity contribution in [2.45, 2.75) is 18.6 Å². The molecule has 3 rings (SSSR count). The molecule has 3 aromatic rings. The van der Waals surface area contributed by atoms with Crippen LogP contribution in [0.4, 0.5) is 0 Å². The van der Waals surface area contributed by atoms with E-state index in [-0.39, 0.29) is 6.04 Å². The van der Waals surface area contributed by atoms with Gasteiger partial charge in [0.05, 0.1) is 12.1 Å². The Morgan fingerprint density at radius 2 is 1.85 bits per heavy atom. The lowest BCUT2D eigenvalue weighted by Gasteiger charge is -2.19. The molecule has 2 aromatic carbocycles. The average Bonchev–Trinajstić information content (AvgIpc) is 2.94. The molecule has 0 bridgehead atoms. The number of aromatic amines is 1. The van der Waals surface area contributed by atoms with Crippen LogP contribution in [0.5, 0.6) is 0 Å². The molecule has 3 nitrogen and oxygen atoms in total. The minimum absolute atomic E-state index is 0.380. The summed E-state index contributed by atoms with van der Waals surface area (Å²) in [5.41, 5.74) is 9.32. The number of hydrogen-bond acceptors (Lipinski definition) is 2. The number of aliphatic hydroxyl groups excluding tert-OH is 1. The fraction of sp³-hybridized carbons (Fsp3) is 0.176. The summed E-state index contributed by atoms with van der Waals surface area (Å²) in [5.74, 6) is 0. The predicted molar refractivity (Wildman–Crippen MR) is 81.4 cm³/mol. The maximum absolute atomic E-state index is 10.3. The van der Waals surface area contributed by atoms with Gasteiger partial charge >= 0.3 is 0 Å². The fourth-order valence-corrected chi connectivity index (χ4v) is 2.48. The summed E-state index contributed by atoms with van der Waals surface area (Å²) < 4.78 is 0. The monoisotopic (exact) mass is 266 g/mol. The molecule has 0 unspecified atom stereocenters. The van der Waals surface area contributed by atoms with Crippen LogP contribution in [0.2, 0.25) is 0 Å². The van der Waals surface area contributed by atoms with Crippen LogP contribution in [-0.2, 0) is 6.42 Å². The van der Waals surface area contributed by atoms with Gasteiger partial charge in [-0.05, 0) is 34.7 Å². The standard InChI is InChI=1S/C17H18N2O/c18-17(16(20)10-12-4-2-1-3-5-12)14-6-7-15-13(11-14)8-9-19-15/h1-9,11,16-17,19-20H,10,18H2/t16-,17+/m1/s1. The van der Waals surface area contributed by atoms with Gasteiger partial charge < -0.3 is 15.8 Å². The molecule has 0 aliphatic heterocycles. The van der Waals surface area contributed by atoms with E-state index in [0.29, 0.717) is 6.42 Å². The molecule has 4 N–H and O–H groups in total. The van der Waals surface area contributed by atoms with Crippen molar-refractivity contribution in [2.75, 3.05) is 0 Å². The van der Waals surface area contributed by atoms with Gasteiger partial charge in [0, 0.05) is 18.1 Å². The summed E-state index contributed by atoms with van der Waals surface area (Å²) in [6.07, 6.45) is 1.88. The molecule has 0 fully saturated rings. The Hall–Kier alpha value is -2.10. The SMILES string of the molecule is N[C@@H](c1ccc2[nH]ccc2c1)[C@H](O)Cc1ccccc1. The lowest BCUT2D eigenvalue weighted by Crippen LogP contribution is -2.28. The number of benzene rings is 2. The second kappa shape index (κ2) is 5.49. The molecular weight excluding hydrogens is 248 g/mol. The van der Waals surface area contributed by atoms with Crippen molar-refractivity contribution in [1.82, 2.24) is 4.98 Å². The first-order valence-corrected chi connectivity index (χ1v) is 6.78. The lowest BCUT2D eigenvalue weighted by atomic mass is 9.96. The van der Waals surface area contributed by atoms with Crippen LogP contribution in [0, 0.1) is 0 Å². The minimum Gasteiger partial charge on any atom is -0.391 e. The number of rotatable bonds is 4. The summed E-state index contributed by atoms with van der Waals surface area (Å²) >= 11 is 0. The highest BCUT2D eigenvalue weighted by molar-refractivity contribution is 5.80. The van der Waals surface area contributed by atoms with Crippen LogP contribution < -0.4 is 5.73 Å². The second-order valence-corrected chi connectivity index (χ2v) is 5.11. The average molecular weight is 266 g/mol. The molecule has 102 valence electrons. The third-order valence-corrected chi connectivity index (χ3v) is 3.66. The third kappa shape index (κ3) is 2.59. The minimum atomic E-state index is -0.589. The molecule has 20 heavy (non-hydrogen) atoms. The lowest BCUT2D eigenvalue weighted by molar-refractivity contribution is 0.145. The van der Waals surface area contributed by atoms with Gasteiger partial charge in [-0.2, -0.15) is 0 Å². The number of aromatic nitrogens is 1. The Labute approximate surface area is 118 Å². The zero-order valence-corrected chi connectivity index (χ0v) is 11.2. The van der Waals surface area contributed by atoms with Gasteiger partial charge in [0.25, 0.3) is 0 Å². The van der Waals surface area contributed by atoms with Crippen molar-refractivity contribution in [2.24, 2.45) is 5.73 Å². The Morgan fingerprint density at radius 1 is 1.05 bits per heavy atom. The Kier molecular flexibility index (Phi) is 3.54. The number of nitrogens with two attached hydrogens (primary N) is 1. The molecule has 0 saturated carbocycles. The topological polar surface area (TPSA) is 62.0 Å². The van der Waals surface area contributed by atoms with Crippen molar-refractivity contribution in [3.05, 3.63) is 71.9 Å². The van der Waals surface area contributed by atoms with Crippen LogP contribution in [0.15, 0.2) is 60.8 Å². The van der Waals surface area contributed by atoms with Crippen LogP contribution in [0.3, 0.4) is 0 Å². The Balaban J connectivity index is 1.78. The predicted octanol–water partition coefficient (Wildman–Crippen LogP) is 2.77. The molecular formula is C17H18N2O. The van der Waals surface area contributed by atoms with E-state index in [0.717, 1.165) is 22.0 Å². The third-order valence-electron chi connectivity index (χ3n) is 3.66. The number of fused-ring (bicyclic) bond motifs is 1. The van der Waals surface area contributed by atoms with Gasteiger partial charge in [-0.25, -0.2) is 0 Å². The van der Waals surface area contributed by atoms with E-state index >= 15 is 0 Å².